The number of nitrogens with zero attached hydrogens (tertiary/aromatic N) is 3. The summed E-state index contributed by atoms with van der Waals surface area (Å²) >= 11 is 18.0. The molecule has 138 valence electrons. The maximum absolute atomic E-state index is 12.2. The van der Waals surface area contributed by atoms with Crippen molar-refractivity contribution in [3.63, 3.8) is 0 Å². The summed E-state index contributed by atoms with van der Waals surface area (Å²) in [5, 5.41) is 4.21. The maximum atomic E-state index is 12.2. The molecule has 0 saturated carbocycles. The quantitative estimate of drug-likeness (QED) is 0.758. The Bertz CT molecular complexity index is 759. The number of benzene rings is 1. The predicted octanol–water partition coefficient (Wildman–Crippen LogP) is 3.80. The summed E-state index contributed by atoms with van der Waals surface area (Å²) in [6, 6.07) is 10.9. The summed E-state index contributed by atoms with van der Waals surface area (Å²) in [5.41, 5.74) is 1.68. The molecule has 5 nitrogen and oxygen atoms in total. The van der Waals surface area contributed by atoms with E-state index >= 15 is 0 Å². The molecule has 1 amide bonds. The van der Waals surface area contributed by atoms with Gasteiger partial charge in [-0.15, -0.1) is 0 Å². The van der Waals surface area contributed by atoms with Crippen LogP contribution in [0.25, 0.3) is 0 Å². The highest BCUT2D eigenvalue weighted by Gasteiger charge is 2.19. The molecule has 2 aromatic rings. The lowest BCUT2D eigenvalue weighted by Crippen LogP contribution is -2.48. The molecule has 26 heavy (non-hydrogen) atoms. The molecule has 0 bridgehead atoms. The highest BCUT2D eigenvalue weighted by Crippen LogP contribution is 2.20. The normalized spacial score (nSPS) is 15.8. The van der Waals surface area contributed by atoms with Crippen LogP contribution in [0.3, 0.4) is 0 Å². The third-order valence-corrected chi connectivity index (χ3v) is 4.93. The van der Waals surface area contributed by atoms with Crippen molar-refractivity contribution in [1.29, 1.82) is 0 Å². The molecule has 1 aromatic heterocycles. The fourth-order valence-electron chi connectivity index (χ4n) is 2.92. The third kappa shape index (κ3) is 5.56. The van der Waals surface area contributed by atoms with Gasteiger partial charge in [0, 0.05) is 32.7 Å². The highest BCUT2D eigenvalue weighted by molar-refractivity contribution is 6.33. The number of pyridine rings is 1. The second-order valence-electron chi connectivity index (χ2n) is 6.20. The van der Waals surface area contributed by atoms with E-state index in [1.807, 2.05) is 24.3 Å². The van der Waals surface area contributed by atoms with Gasteiger partial charge in [-0.05, 0) is 29.8 Å². The number of nitrogens with one attached hydrogen (secondary N) is 1. The summed E-state index contributed by atoms with van der Waals surface area (Å²) in [5.74, 6) is -0.0563. The van der Waals surface area contributed by atoms with Gasteiger partial charge in [0.25, 0.3) is 0 Å². The van der Waals surface area contributed by atoms with Crippen LogP contribution in [-0.4, -0.2) is 53.4 Å². The van der Waals surface area contributed by atoms with Gasteiger partial charge in [0.05, 0.1) is 17.3 Å². The van der Waals surface area contributed by atoms with E-state index < -0.39 is 0 Å². The highest BCUT2D eigenvalue weighted by atomic mass is 35.5. The Labute approximate surface area is 167 Å². The molecule has 2 heterocycles. The lowest BCUT2D eigenvalue weighted by Gasteiger charge is -2.34. The first-order valence-corrected chi connectivity index (χ1v) is 9.44. The van der Waals surface area contributed by atoms with E-state index in [9.17, 15) is 4.79 Å². The molecule has 0 unspecified atom stereocenters. The van der Waals surface area contributed by atoms with Crippen molar-refractivity contribution >= 4 is 46.4 Å². The van der Waals surface area contributed by atoms with Crippen LogP contribution in [0.2, 0.25) is 15.3 Å². The summed E-state index contributed by atoms with van der Waals surface area (Å²) in [7, 11) is 0. The lowest BCUT2D eigenvalue weighted by molar-refractivity contribution is -0.117. The van der Waals surface area contributed by atoms with Gasteiger partial charge in [0.1, 0.15) is 10.3 Å². The largest absolute Gasteiger partial charge is 0.324 e. The topological polar surface area (TPSA) is 48.5 Å². The first-order chi connectivity index (χ1) is 12.5. The third-order valence-electron chi connectivity index (χ3n) is 4.21. The molecule has 0 aliphatic carbocycles. The van der Waals surface area contributed by atoms with Crippen molar-refractivity contribution < 1.29 is 4.79 Å². The fraction of sp³-hybridized carbons (Fsp3) is 0.333. The number of anilines is 1. The minimum Gasteiger partial charge on any atom is -0.324 e. The Balaban J connectivity index is 1.46. The number of para-hydroxylation sites is 1. The van der Waals surface area contributed by atoms with Crippen molar-refractivity contribution in [3.05, 3.63) is 57.3 Å². The van der Waals surface area contributed by atoms with Gasteiger partial charge in [-0.2, -0.15) is 0 Å². The summed E-state index contributed by atoms with van der Waals surface area (Å²) in [6.45, 7) is 4.51. The van der Waals surface area contributed by atoms with Gasteiger partial charge < -0.3 is 5.32 Å². The standard InChI is InChI=1S/C18H19Cl3N4O/c19-14-3-1-2-4-15(14)22-18(26)12-25-7-5-24(6-8-25)11-13-9-16(20)23-17(21)10-13/h1-4,9-10H,5-8,11-12H2,(H,22,26). The number of amides is 1. The van der Waals surface area contributed by atoms with Crippen LogP contribution >= 0.6 is 34.8 Å². The zero-order valence-corrected chi connectivity index (χ0v) is 16.4. The van der Waals surface area contributed by atoms with E-state index in [4.69, 9.17) is 34.8 Å². The fourth-order valence-corrected chi connectivity index (χ4v) is 3.61. The van der Waals surface area contributed by atoms with E-state index in [1.165, 1.54) is 0 Å². The molecule has 1 saturated heterocycles. The Hall–Kier alpha value is -1.37. The molecule has 0 radical (unpaired) electrons. The minimum absolute atomic E-state index is 0.0563. The maximum Gasteiger partial charge on any atom is 0.238 e. The molecule has 8 heteroatoms. The number of hydrogen-bond acceptors (Lipinski definition) is 4. The van der Waals surface area contributed by atoms with Crippen molar-refractivity contribution in [2.45, 2.75) is 6.54 Å². The number of halogens is 3. The SMILES string of the molecule is O=C(CN1CCN(Cc2cc(Cl)nc(Cl)c2)CC1)Nc1ccccc1Cl. The molecule has 1 aliphatic rings. The number of carbonyl (C=O) groups excluding carboxylic acids is 1. The Morgan fingerprint density at radius 1 is 1.00 bits per heavy atom. The number of aromatic nitrogens is 1. The molecule has 3 rings (SSSR count). The molecule has 0 atom stereocenters. The van der Waals surface area contributed by atoms with Crippen LogP contribution < -0.4 is 5.32 Å². The Morgan fingerprint density at radius 3 is 2.27 bits per heavy atom. The average molecular weight is 414 g/mol. The summed E-state index contributed by atoms with van der Waals surface area (Å²) in [6.07, 6.45) is 0. The molecular weight excluding hydrogens is 395 g/mol. The first-order valence-electron chi connectivity index (χ1n) is 8.30. The average Bonchev–Trinajstić information content (AvgIpc) is 2.58. The zero-order valence-electron chi connectivity index (χ0n) is 14.1. The van der Waals surface area contributed by atoms with E-state index in [-0.39, 0.29) is 5.91 Å². The van der Waals surface area contributed by atoms with Crippen molar-refractivity contribution in [1.82, 2.24) is 14.8 Å². The smallest absolute Gasteiger partial charge is 0.238 e. The van der Waals surface area contributed by atoms with Gasteiger partial charge in [-0.3, -0.25) is 14.6 Å². The van der Waals surface area contributed by atoms with E-state index in [0.29, 0.717) is 27.6 Å². The second-order valence-corrected chi connectivity index (χ2v) is 7.38. The van der Waals surface area contributed by atoms with Gasteiger partial charge in [0.2, 0.25) is 5.91 Å². The van der Waals surface area contributed by atoms with Crippen molar-refractivity contribution in [2.75, 3.05) is 38.0 Å². The number of rotatable bonds is 5. The van der Waals surface area contributed by atoms with Gasteiger partial charge in [0.15, 0.2) is 0 Å². The number of carbonyl (C=O) groups is 1. The molecular formula is C18H19Cl3N4O. The van der Waals surface area contributed by atoms with E-state index in [2.05, 4.69) is 20.1 Å². The zero-order chi connectivity index (χ0) is 18.5. The summed E-state index contributed by atoms with van der Waals surface area (Å²) < 4.78 is 0. The summed E-state index contributed by atoms with van der Waals surface area (Å²) in [4.78, 5) is 20.6. The second kappa shape index (κ2) is 9.02. The number of piperazine rings is 1. The van der Waals surface area contributed by atoms with E-state index in [1.54, 1.807) is 12.1 Å². The van der Waals surface area contributed by atoms with Crippen LogP contribution in [0.1, 0.15) is 5.56 Å². The molecule has 1 aliphatic heterocycles. The molecule has 1 fully saturated rings. The molecule has 0 spiro atoms. The van der Waals surface area contributed by atoms with Crippen LogP contribution in [0.15, 0.2) is 36.4 Å². The Morgan fingerprint density at radius 2 is 1.62 bits per heavy atom. The monoisotopic (exact) mass is 412 g/mol. The molecule has 1 aromatic carbocycles. The van der Waals surface area contributed by atoms with Gasteiger partial charge >= 0.3 is 0 Å². The van der Waals surface area contributed by atoms with Crippen LogP contribution in [-0.2, 0) is 11.3 Å². The van der Waals surface area contributed by atoms with Crippen molar-refractivity contribution in [2.24, 2.45) is 0 Å². The van der Waals surface area contributed by atoms with Gasteiger partial charge in [-0.25, -0.2) is 4.98 Å². The van der Waals surface area contributed by atoms with Crippen LogP contribution in [0.4, 0.5) is 5.69 Å². The van der Waals surface area contributed by atoms with Crippen molar-refractivity contribution in [3.8, 4) is 0 Å². The first kappa shape index (κ1) is 19.4. The Kier molecular flexibility index (Phi) is 6.73. The number of hydrogen-bond donors (Lipinski definition) is 1. The van der Waals surface area contributed by atoms with E-state index in [0.717, 1.165) is 38.3 Å². The van der Waals surface area contributed by atoms with Crippen LogP contribution in [0, 0.1) is 0 Å². The van der Waals surface area contributed by atoms with Crippen LogP contribution in [0.5, 0.6) is 0 Å². The lowest BCUT2D eigenvalue weighted by atomic mass is 10.2. The predicted molar refractivity (Wildman–Crippen MR) is 106 cm³/mol. The van der Waals surface area contributed by atoms with Gasteiger partial charge in [-0.1, -0.05) is 46.9 Å². The molecule has 1 N–H and O–H groups in total. The minimum atomic E-state index is -0.0563.